The van der Waals surface area contributed by atoms with E-state index in [1.807, 2.05) is 12.3 Å². The molecule has 1 spiro atoms. The number of pyridine rings is 1. The summed E-state index contributed by atoms with van der Waals surface area (Å²) in [6.07, 6.45) is 2.65. The summed E-state index contributed by atoms with van der Waals surface area (Å²) in [6.45, 7) is 5.09. The van der Waals surface area contributed by atoms with Crippen LogP contribution in [0.15, 0.2) is 12.3 Å². The van der Waals surface area contributed by atoms with E-state index in [1.165, 1.54) is 18.3 Å². The lowest BCUT2D eigenvalue weighted by molar-refractivity contribution is -0.114. The Labute approximate surface area is 160 Å². The van der Waals surface area contributed by atoms with Crippen LogP contribution in [0.2, 0.25) is 0 Å². The number of likely N-dealkylation sites (tertiary alicyclic amines) is 1. The van der Waals surface area contributed by atoms with Gasteiger partial charge in [0.15, 0.2) is 5.13 Å². The van der Waals surface area contributed by atoms with Gasteiger partial charge in [-0.15, -0.1) is 0 Å². The van der Waals surface area contributed by atoms with Gasteiger partial charge in [0.1, 0.15) is 5.60 Å². The van der Waals surface area contributed by atoms with Crippen molar-refractivity contribution >= 4 is 22.4 Å². The van der Waals surface area contributed by atoms with E-state index in [0.29, 0.717) is 30.5 Å². The number of fused-ring (bicyclic) bond motifs is 2. The van der Waals surface area contributed by atoms with Crippen molar-refractivity contribution in [2.45, 2.75) is 45.1 Å². The van der Waals surface area contributed by atoms with Crippen molar-refractivity contribution in [3.05, 3.63) is 34.2 Å². The number of amides is 1. The van der Waals surface area contributed by atoms with Gasteiger partial charge in [-0.3, -0.25) is 9.69 Å². The van der Waals surface area contributed by atoms with Crippen LogP contribution in [0, 0.1) is 5.95 Å². The van der Waals surface area contributed by atoms with E-state index in [-0.39, 0.29) is 17.1 Å². The molecule has 0 unspecified atom stereocenters. The summed E-state index contributed by atoms with van der Waals surface area (Å²) in [5.74, 6) is -0.215. The largest absolute Gasteiger partial charge is 0.481 e. The first-order valence-corrected chi connectivity index (χ1v) is 9.56. The smallest absolute Gasteiger partial charge is 0.230 e. The second kappa shape index (κ2) is 6.81. The minimum Gasteiger partial charge on any atom is -0.481 e. The fourth-order valence-electron chi connectivity index (χ4n) is 3.90. The lowest BCUT2D eigenvalue weighted by atomic mass is 9.92. The molecule has 27 heavy (non-hydrogen) atoms. The molecule has 0 aliphatic carbocycles. The zero-order chi connectivity index (χ0) is 19.2. The second-order valence-electron chi connectivity index (χ2n) is 7.04. The molecular formula is C18H21FN4O3S. The highest BCUT2D eigenvalue weighted by molar-refractivity contribution is 7.15. The maximum atomic E-state index is 14.2. The number of thiazole rings is 1. The normalized spacial score (nSPS) is 24.4. The third-order valence-corrected chi connectivity index (χ3v) is 6.09. The summed E-state index contributed by atoms with van der Waals surface area (Å²) in [4.78, 5) is 22.0. The van der Waals surface area contributed by atoms with Crippen LogP contribution in [0.5, 0.6) is 5.88 Å². The molecule has 0 saturated carbocycles. The Balaban J connectivity index is 1.53. The molecule has 1 amide bonds. The van der Waals surface area contributed by atoms with Gasteiger partial charge in [0.2, 0.25) is 17.7 Å². The monoisotopic (exact) mass is 392 g/mol. The SMILES string of the molecule is COc1cc2c(cn1)[C@]1(C[C@H](C)N(Cc3sc(NC(C)=O)nc3F)C1)OC2. The molecular weight excluding hydrogens is 371 g/mol. The maximum absolute atomic E-state index is 14.2. The zero-order valence-corrected chi connectivity index (χ0v) is 16.2. The van der Waals surface area contributed by atoms with Gasteiger partial charge >= 0.3 is 0 Å². The first kappa shape index (κ1) is 18.3. The van der Waals surface area contributed by atoms with Crippen LogP contribution in [-0.4, -0.2) is 40.5 Å². The van der Waals surface area contributed by atoms with E-state index in [2.05, 4.69) is 27.1 Å². The molecule has 1 saturated heterocycles. The zero-order valence-electron chi connectivity index (χ0n) is 15.4. The number of carbonyl (C=O) groups excluding carboxylic acids is 1. The molecule has 2 atom stereocenters. The van der Waals surface area contributed by atoms with Crippen molar-refractivity contribution < 1.29 is 18.7 Å². The Bertz CT molecular complexity index is 889. The molecule has 144 valence electrons. The third-order valence-electron chi connectivity index (χ3n) is 5.15. The van der Waals surface area contributed by atoms with Crippen molar-refractivity contribution in [3.8, 4) is 5.88 Å². The van der Waals surface area contributed by atoms with E-state index in [0.717, 1.165) is 17.5 Å². The molecule has 9 heteroatoms. The van der Waals surface area contributed by atoms with E-state index < -0.39 is 11.5 Å². The van der Waals surface area contributed by atoms with Crippen molar-refractivity contribution in [2.75, 3.05) is 19.0 Å². The van der Waals surface area contributed by atoms with Crippen LogP contribution in [0.3, 0.4) is 0 Å². The highest BCUT2D eigenvalue weighted by Gasteiger charge is 2.49. The number of anilines is 1. The minimum absolute atomic E-state index is 0.212. The lowest BCUT2D eigenvalue weighted by Crippen LogP contribution is -2.31. The molecule has 2 aliphatic rings. The number of hydrogen-bond acceptors (Lipinski definition) is 7. The summed E-state index contributed by atoms with van der Waals surface area (Å²) in [7, 11) is 1.60. The first-order valence-electron chi connectivity index (χ1n) is 8.74. The fourth-order valence-corrected chi connectivity index (χ4v) is 4.81. The number of methoxy groups -OCH3 is 1. The number of rotatable bonds is 4. The van der Waals surface area contributed by atoms with Gasteiger partial charge in [0, 0.05) is 43.9 Å². The fraction of sp³-hybridized carbons (Fsp3) is 0.500. The number of ether oxygens (including phenoxy) is 2. The van der Waals surface area contributed by atoms with E-state index >= 15 is 0 Å². The summed E-state index contributed by atoms with van der Waals surface area (Å²) < 4.78 is 25.6. The molecule has 4 rings (SSSR count). The van der Waals surface area contributed by atoms with Crippen molar-refractivity contribution in [1.29, 1.82) is 0 Å². The number of carbonyl (C=O) groups is 1. The Morgan fingerprint density at radius 1 is 1.59 bits per heavy atom. The topological polar surface area (TPSA) is 76.6 Å². The molecule has 0 aromatic carbocycles. The number of halogens is 1. The van der Waals surface area contributed by atoms with E-state index in [9.17, 15) is 9.18 Å². The van der Waals surface area contributed by atoms with Crippen LogP contribution >= 0.6 is 11.3 Å². The molecule has 2 aromatic rings. The molecule has 1 fully saturated rings. The summed E-state index contributed by atoms with van der Waals surface area (Å²) in [6, 6.07) is 2.13. The van der Waals surface area contributed by atoms with Gasteiger partial charge in [-0.2, -0.15) is 9.37 Å². The average Bonchev–Trinajstić information content (AvgIpc) is 3.24. The van der Waals surface area contributed by atoms with Gasteiger partial charge in [-0.25, -0.2) is 4.98 Å². The molecule has 0 radical (unpaired) electrons. The number of nitrogens with zero attached hydrogens (tertiary/aromatic N) is 3. The maximum Gasteiger partial charge on any atom is 0.230 e. The van der Waals surface area contributed by atoms with Gasteiger partial charge < -0.3 is 14.8 Å². The molecule has 0 bridgehead atoms. The molecule has 2 aromatic heterocycles. The van der Waals surface area contributed by atoms with Gasteiger partial charge in [0.05, 0.1) is 18.6 Å². The summed E-state index contributed by atoms with van der Waals surface area (Å²) >= 11 is 1.17. The Morgan fingerprint density at radius 2 is 2.41 bits per heavy atom. The van der Waals surface area contributed by atoms with Crippen molar-refractivity contribution in [1.82, 2.24) is 14.9 Å². The molecule has 2 aliphatic heterocycles. The Hall–Kier alpha value is -2.10. The Kier molecular flexibility index (Phi) is 4.61. The number of hydrogen-bond donors (Lipinski definition) is 1. The molecule has 4 heterocycles. The van der Waals surface area contributed by atoms with E-state index in [1.54, 1.807) is 7.11 Å². The lowest BCUT2D eigenvalue weighted by Gasteiger charge is -2.24. The predicted molar refractivity (Wildman–Crippen MR) is 98.1 cm³/mol. The minimum atomic E-state index is -0.531. The number of nitrogens with one attached hydrogen (secondary N) is 1. The predicted octanol–water partition coefficient (Wildman–Crippen LogP) is 2.66. The third kappa shape index (κ3) is 3.30. The first-order chi connectivity index (χ1) is 12.9. The van der Waals surface area contributed by atoms with Crippen molar-refractivity contribution in [3.63, 3.8) is 0 Å². The van der Waals surface area contributed by atoms with Gasteiger partial charge in [-0.1, -0.05) is 11.3 Å². The van der Waals surface area contributed by atoms with Gasteiger partial charge in [0.25, 0.3) is 0 Å². The van der Waals surface area contributed by atoms with E-state index in [4.69, 9.17) is 9.47 Å². The van der Waals surface area contributed by atoms with Crippen LogP contribution in [0.1, 0.15) is 36.3 Å². The van der Waals surface area contributed by atoms with Crippen LogP contribution in [-0.2, 0) is 28.3 Å². The molecule has 7 nitrogen and oxygen atoms in total. The quantitative estimate of drug-likeness (QED) is 0.862. The second-order valence-corrected chi connectivity index (χ2v) is 8.12. The Morgan fingerprint density at radius 3 is 3.15 bits per heavy atom. The van der Waals surface area contributed by atoms with Crippen LogP contribution in [0.4, 0.5) is 9.52 Å². The van der Waals surface area contributed by atoms with Crippen LogP contribution in [0.25, 0.3) is 0 Å². The van der Waals surface area contributed by atoms with Crippen molar-refractivity contribution in [2.24, 2.45) is 0 Å². The van der Waals surface area contributed by atoms with Gasteiger partial charge in [-0.05, 0) is 18.9 Å². The summed E-state index contributed by atoms with van der Waals surface area (Å²) in [5.41, 5.74) is 1.75. The summed E-state index contributed by atoms with van der Waals surface area (Å²) in [5, 5.41) is 2.83. The highest BCUT2D eigenvalue weighted by Crippen LogP contribution is 2.46. The number of aromatic nitrogens is 2. The average molecular weight is 392 g/mol. The molecule has 1 N–H and O–H groups in total. The van der Waals surface area contributed by atoms with Crippen LogP contribution < -0.4 is 10.1 Å². The standard InChI is InChI=1S/C18H21FN4O3S/c1-10-5-18(13-6-20-15(25-3)4-12(13)8-26-18)9-23(10)7-14-16(19)22-17(27-14)21-11(2)24/h4,6,10H,5,7-9H2,1-3H3,(H,21,22,24)/t10-,18+/m0/s1. The highest BCUT2D eigenvalue weighted by atomic mass is 32.1.